The number of phosphoric acid groups is 1. The van der Waals surface area contributed by atoms with Gasteiger partial charge in [-0.1, -0.05) is 0 Å². The Hall–Kier alpha value is 10.3. The molecule has 0 aromatic carbocycles. The van der Waals surface area contributed by atoms with Crippen LogP contribution in [0.15, 0.2) is 0 Å². The molecule has 40 valence electrons. The van der Waals surface area contributed by atoms with Gasteiger partial charge in [0.05, 0.1) is 0 Å². The number of rotatable bonds is 0. The first-order valence-electron chi connectivity index (χ1n) is 0.783. The summed E-state index contributed by atoms with van der Waals surface area (Å²) in [4.78, 5) is 21.6. The molecule has 3 N–H and O–H groups in total. The zero-order valence-corrected chi connectivity index (χ0v) is 39.9. The van der Waals surface area contributed by atoms with E-state index in [0.717, 1.165) is 0 Å². The normalized spacial score (nSPS) is 5.36. The molecule has 5 nitrogen and oxygen atoms in total. The van der Waals surface area contributed by atoms with Gasteiger partial charge < -0.3 is 20.2 Å². The Balaban J connectivity index is -0.00000000533. The monoisotopic (exact) mass is 778 g/mol. The largest absolute Gasteiger partial charge is 2.00 e. The van der Waals surface area contributed by atoms with Gasteiger partial charge >= 0.3 is 352 Å². The summed E-state index contributed by atoms with van der Waals surface area (Å²) in [6, 6.07) is 0. The van der Waals surface area contributed by atoms with Gasteiger partial charge in [0, 0.05) is 0 Å². The summed E-state index contributed by atoms with van der Waals surface area (Å²) in [6.07, 6.45) is 0. The van der Waals surface area contributed by atoms with E-state index in [1.165, 1.54) is 0 Å². The summed E-state index contributed by atoms with van der Waals surface area (Å²) in [5.41, 5.74) is 0. The van der Waals surface area contributed by atoms with Gasteiger partial charge in [-0.15, -0.1) is 0 Å². The Bertz CT molecular complexity index is 61.0. The van der Waals surface area contributed by atoms with Crippen LogP contribution in [0.25, 0.3) is 0 Å². The van der Waals surface area contributed by atoms with Crippen molar-refractivity contribution in [2.24, 2.45) is 0 Å². The molecule has 0 aromatic heterocycles. The zero-order chi connectivity index (χ0) is 4.50. The third-order valence-electron chi connectivity index (χ3n) is 0. The SMILES string of the molecule is O=P(O)(O)O.[Cs+].[Cs+].[Cs+].[Cs+].[Cs+].[O-2]. The molecule has 0 amide bonds. The van der Waals surface area contributed by atoms with Crippen molar-refractivity contribution in [1.29, 1.82) is 0 Å². The molecule has 0 aliphatic rings. The van der Waals surface area contributed by atoms with Crippen LogP contribution in [-0.2, 0) is 10.0 Å². The van der Waals surface area contributed by atoms with Gasteiger partial charge in [-0.3, -0.25) is 0 Å². The summed E-state index contributed by atoms with van der Waals surface area (Å²) in [5.74, 6) is 0. The smallest absolute Gasteiger partial charge is 1.00 e. The maximum Gasteiger partial charge on any atom is 1.00 e. The van der Waals surface area contributed by atoms with Crippen molar-refractivity contribution in [1.82, 2.24) is 0 Å². The minimum absolute atomic E-state index is 0. The molecular formula is H3Cs5O5P+3. The van der Waals surface area contributed by atoms with Gasteiger partial charge in [0.1, 0.15) is 0 Å². The predicted octanol–water partition coefficient (Wildman–Crippen LogP) is -16.0. The Labute approximate surface area is 360 Å². The van der Waals surface area contributed by atoms with Crippen LogP contribution in [-0.4, -0.2) is 14.7 Å². The van der Waals surface area contributed by atoms with Crippen LogP contribution in [0, 0.1) is 0 Å². The van der Waals surface area contributed by atoms with Crippen LogP contribution < -0.4 is 344 Å². The minimum Gasteiger partial charge on any atom is -2.00 e. The van der Waals surface area contributed by atoms with E-state index in [4.69, 9.17) is 19.2 Å². The van der Waals surface area contributed by atoms with E-state index in [2.05, 4.69) is 0 Å². The quantitative estimate of drug-likeness (QED) is 0.213. The van der Waals surface area contributed by atoms with Crippen molar-refractivity contribution < 1.29 is 369 Å². The summed E-state index contributed by atoms with van der Waals surface area (Å²) >= 11 is 0. The molecule has 0 saturated carbocycles. The zero-order valence-electron chi connectivity index (χ0n) is 7.61. The Kier molecular flexibility index (Phi) is 111. The second-order valence-electron chi connectivity index (χ2n) is 0.513. The van der Waals surface area contributed by atoms with Crippen LogP contribution in [0.5, 0.6) is 0 Å². The molecule has 0 saturated heterocycles. The van der Waals surface area contributed by atoms with Gasteiger partial charge in [-0.2, -0.15) is 0 Å². The molecule has 0 fully saturated rings. The molecule has 0 radical (unpaired) electrons. The summed E-state index contributed by atoms with van der Waals surface area (Å²) < 4.78 is 8.88. The molecule has 0 aromatic rings. The Morgan fingerprint density at radius 2 is 0.727 bits per heavy atom. The topological polar surface area (TPSA) is 106 Å². The van der Waals surface area contributed by atoms with E-state index in [0.29, 0.717) is 0 Å². The first-order valence-corrected chi connectivity index (χ1v) is 2.35. The molecule has 0 atom stereocenters. The van der Waals surface area contributed by atoms with Gasteiger partial charge in [0.2, 0.25) is 0 Å². The average molecular weight is 779 g/mol. The number of hydrogen-bond donors (Lipinski definition) is 3. The molecule has 0 aliphatic carbocycles. The van der Waals surface area contributed by atoms with E-state index in [1.807, 2.05) is 0 Å². The van der Waals surface area contributed by atoms with Crippen LogP contribution in [0.4, 0.5) is 0 Å². The van der Waals surface area contributed by atoms with Gasteiger partial charge in [-0.25, -0.2) is 4.57 Å². The van der Waals surface area contributed by atoms with Crippen LogP contribution >= 0.6 is 7.82 Å². The van der Waals surface area contributed by atoms with Crippen LogP contribution in [0.1, 0.15) is 0 Å². The fourth-order valence-corrected chi connectivity index (χ4v) is 0. The molecule has 0 unspecified atom stereocenters. The van der Waals surface area contributed by atoms with Crippen molar-refractivity contribution in [3.05, 3.63) is 0 Å². The first kappa shape index (κ1) is 42.9. The van der Waals surface area contributed by atoms with Gasteiger partial charge in [-0.05, 0) is 0 Å². The van der Waals surface area contributed by atoms with E-state index in [-0.39, 0.29) is 350 Å². The molecule has 0 rings (SSSR count). The van der Waals surface area contributed by atoms with E-state index in [1.54, 1.807) is 0 Å². The Morgan fingerprint density at radius 1 is 0.727 bits per heavy atom. The van der Waals surface area contributed by atoms with Crippen molar-refractivity contribution >= 4 is 7.82 Å². The maximum atomic E-state index is 8.88. The maximum absolute atomic E-state index is 8.88. The van der Waals surface area contributed by atoms with Crippen molar-refractivity contribution in [3.8, 4) is 0 Å². The molecule has 11 heteroatoms. The average Bonchev–Trinajstić information content (AvgIpc) is 0.722. The fraction of sp³-hybridized carbons (Fsp3) is 0. The minimum atomic E-state index is -4.64. The van der Waals surface area contributed by atoms with E-state index >= 15 is 0 Å². The van der Waals surface area contributed by atoms with Crippen LogP contribution in [0.2, 0.25) is 0 Å². The van der Waals surface area contributed by atoms with E-state index < -0.39 is 7.82 Å². The second kappa shape index (κ2) is 28.5. The van der Waals surface area contributed by atoms with E-state index in [9.17, 15) is 0 Å². The Morgan fingerprint density at radius 3 is 0.727 bits per heavy atom. The van der Waals surface area contributed by atoms with Gasteiger partial charge in [0.15, 0.2) is 0 Å². The fourth-order valence-electron chi connectivity index (χ4n) is 0. The summed E-state index contributed by atoms with van der Waals surface area (Å²) in [6.45, 7) is 0. The third-order valence-corrected chi connectivity index (χ3v) is 0. The first-order chi connectivity index (χ1) is 2.00. The second-order valence-corrected chi connectivity index (χ2v) is 1.54. The van der Waals surface area contributed by atoms with Gasteiger partial charge in [0.25, 0.3) is 0 Å². The third kappa shape index (κ3) is 64.0. The standard InChI is InChI=1S/5Cs.H3O4P.O/c;;;;;1-5(2,3)4;/h;;;;;(H3,1,2,3,4);/q5*+1;;-2. The molecule has 0 aliphatic heterocycles. The molecule has 11 heavy (non-hydrogen) atoms. The summed E-state index contributed by atoms with van der Waals surface area (Å²) in [7, 11) is -4.64. The predicted molar refractivity (Wildman–Crippen MR) is 14.9 cm³/mol. The summed E-state index contributed by atoms with van der Waals surface area (Å²) in [5, 5.41) is 0. The van der Waals surface area contributed by atoms with Crippen molar-refractivity contribution in [2.75, 3.05) is 0 Å². The number of hydrogen-bond acceptors (Lipinski definition) is 1. The molecule has 0 heterocycles. The molecule has 0 spiro atoms. The molecular weight excluding hydrogens is 775 g/mol. The van der Waals surface area contributed by atoms with Crippen LogP contribution in [0.3, 0.4) is 0 Å². The van der Waals surface area contributed by atoms with Crippen molar-refractivity contribution in [3.63, 3.8) is 0 Å². The molecule has 0 bridgehead atoms. The van der Waals surface area contributed by atoms with Crippen molar-refractivity contribution in [2.45, 2.75) is 0 Å².